The van der Waals surface area contributed by atoms with Gasteiger partial charge in [-0.2, -0.15) is 0 Å². The van der Waals surface area contributed by atoms with Crippen molar-refractivity contribution < 1.29 is 18.8 Å². The molecule has 1 saturated heterocycles. The van der Waals surface area contributed by atoms with Crippen LogP contribution in [-0.2, 0) is 9.59 Å². The summed E-state index contributed by atoms with van der Waals surface area (Å²) in [7, 11) is 0. The van der Waals surface area contributed by atoms with Gasteiger partial charge in [0.15, 0.2) is 0 Å². The molecule has 0 unspecified atom stereocenters. The van der Waals surface area contributed by atoms with Crippen LogP contribution >= 0.6 is 0 Å². The van der Waals surface area contributed by atoms with Crippen molar-refractivity contribution in [1.82, 2.24) is 9.88 Å². The average Bonchev–Trinajstić information content (AvgIpc) is 3.15. The highest BCUT2D eigenvalue weighted by Crippen LogP contribution is 2.23. The largest absolute Gasteiger partial charge is 0.335 e. The van der Waals surface area contributed by atoms with Gasteiger partial charge in [0, 0.05) is 17.6 Å². The summed E-state index contributed by atoms with van der Waals surface area (Å²) in [6, 6.07) is 15.3. The molecule has 0 aliphatic carbocycles. The molecule has 29 heavy (non-hydrogen) atoms. The first-order chi connectivity index (χ1) is 13.9. The molecule has 0 bridgehead atoms. The van der Waals surface area contributed by atoms with Gasteiger partial charge in [-0.1, -0.05) is 12.1 Å². The van der Waals surface area contributed by atoms with Crippen molar-refractivity contribution in [3.63, 3.8) is 0 Å². The Bertz CT molecular complexity index is 1160. The molecule has 1 aliphatic heterocycles. The van der Waals surface area contributed by atoms with E-state index in [9.17, 15) is 18.8 Å². The number of urea groups is 1. The van der Waals surface area contributed by atoms with E-state index in [-0.39, 0.29) is 11.3 Å². The molecule has 0 atom stereocenters. The van der Waals surface area contributed by atoms with E-state index in [1.807, 2.05) is 42.0 Å². The van der Waals surface area contributed by atoms with Gasteiger partial charge >= 0.3 is 6.03 Å². The van der Waals surface area contributed by atoms with E-state index < -0.39 is 23.7 Å². The maximum Gasteiger partial charge on any atom is 0.335 e. The predicted octanol–water partition coefficient (Wildman–Crippen LogP) is 3.59. The lowest BCUT2D eigenvalue weighted by molar-refractivity contribution is -0.122. The van der Waals surface area contributed by atoms with Crippen molar-refractivity contribution in [2.75, 3.05) is 4.90 Å². The lowest BCUT2D eigenvalue weighted by Crippen LogP contribution is -2.54. The topological polar surface area (TPSA) is 71.4 Å². The molecule has 3 aromatic rings. The molecular weight excluding hydrogens is 373 g/mol. The van der Waals surface area contributed by atoms with Gasteiger partial charge in [-0.15, -0.1) is 0 Å². The van der Waals surface area contributed by atoms with Crippen molar-refractivity contribution >= 4 is 29.6 Å². The fourth-order valence-electron chi connectivity index (χ4n) is 3.15. The second-order valence-corrected chi connectivity index (χ2v) is 6.58. The summed E-state index contributed by atoms with van der Waals surface area (Å²) in [5.41, 5.74) is 2.51. The highest BCUT2D eigenvalue weighted by atomic mass is 19.1. The number of halogens is 1. The molecule has 1 aromatic heterocycles. The highest BCUT2D eigenvalue weighted by Gasteiger charge is 2.37. The third-order valence-electron chi connectivity index (χ3n) is 4.54. The first-order valence-corrected chi connectivity index (χ1v) is 8.85. The second kappa shape index (κ2) is 7.20. The van der Waals surface area contributed by atoms with Crippen LogP contribution in [0.2, 0.25) is 0 Å². The Labute approximate surface area is 165 Å². The molecule has 144 valence electrons. The summed E-state index contributed by atoms with van der Waals surface area (Å²) < 4.78 is 15.0. The molecule has 0 saturated carbocycles. The molecule has 4 rings (SSSR count). The fourth-order valence-corrected chi connectivity index (χ4v) is 3.15. The van der Waals surface area contributed by atoms with Crippen LogP contribution in [-0.4, -0.2) is 22.4 Å². The summed E-state index contributed by atoms with van der Waals surface area (Å²) >= 11 is 0. The minimum Gasteiger partial charge on any atom is -0.317 e. The molecule has 0 spiro atoms. The average molecular weight is 389 g/mol. The number of nitrogens with one attached hydrogen (secondary N) is 1. The number of rotatable bonds is 3. The number of aryl methyl sites for hydroxylation is 1. The lowest BCUT2D eigenvalue weighted by Gasteiger charge is -2.26. The van der Waals surface area contributed by atoms with Crippen LogP contribution in [0.1, 0.15) is 11.3 Å². The molecule has 2 aromatic carbocycles. The zero-order chi connectivity index (χ0) is 20.5. The number of nitrogens with zero attached hydrogens (tertiary/aromatic N) is 2. The molecule has 4 amide bonds. The Morgan fingerprint density at radius 3 is 2.41 bits per heavy atom. The van der Waals surface area contributed by atoms with Crippen LogP contribution < -0.4 is 10.2 Å². The van der Waals surface area contributed by atoms with Gasteiger partial charge in [0.1, 0.15) is 11.4 Å². The van der Waals surface area contributed by atoms with Crippen LogP contribution in [0, 0.1) is 12.7 Å². The van der Waals surface area contributed by atoms with Crippen LogP contribution in [0.4, 0.5) is 14.9 Å². The number of imide groups is 2. The lowest BCUT2D eigenvalue weighted by atomic mass is 10.1. The summed E-state index contributed by atoms with van der Waals surface area (Å²) in [5.74, 6) is -2.06. The minimum absolute atomic E-state index is 0.168. The molecule has 1 fully saturated rings. The summed E-state index contributed by atoms with van der Waals surface area (Å²) in [4.78, 5) is 38.3. The molecule has 1 aliphatic rings. The summed E-state index contributed by atoms with van der Waals surface area (Å²) in [6.07, 6.45) is 3.25. The van der Waals surface area contributed by atoms with Crippen molar-refractivity contribution in [2.24, 2.45) is 0 Å². The molecule has 7 heteroatoms. The SMILES string of the molecule is Cc1cccc(-n2cccc2/C=C2\C(=O)NC(=O)N(c3ccc(F)cc3)C2=O)c1. The van der Waals surface area contributed by atoms with Gasteiger partial charge in [0.2, 0.25) is 0 Å². The maximum absolute atomic E-state index is 13.2. The molecular formula is C22H16FN3O3. The number of carbonyl (C=O) groups is 3. The van der Waals surface area contributed by atoms with E-state index in [2.05, 4.69) is 5.32 Å². The number of aromatic nitrogens is 1. The second-order valence-electron chi connectivity index (χ2n) is 6.58. The van der Waals surface area contributed by atoms with Crippen molar-refractivity contribution in [3.8, 4) is 5.69 Å². The monoisotopic (exact) mass is 389 g/mol. The van der Waals surface area contributed by atoms with Gasteiger partial charge in [-0.3, -0.25) is 14.9 Å². The van der Waals surface area contributed by atoms with Crippen LogP contribution in [0.5, 0.6) is 0 Å². The van der Waals surface area contributed by atoms with Crippen LogP contribution in [0.15, 0.2) is 72.4 Å². The number of benzene rings is 2. The first-order valence-electron chi connectivity index (χ1n) is 8.85. The Morgan fingerprint density at radius 2 is 1.69 bits per heavy atom. The van der Waals surface area contributed by atoms with Crippen molar-refractivity contribution in [2.45, 2.75) is 6.92 Å². The van der Waals surface area contributed by atoms with Crippen LogP contribution in [0.3, 0.4) is 0 Å². The minimum atomic E-state index is -0.877. The normalized spacial score (nSPS) is 15.7. The summed E-state index contributed by atoms with van der Waals surface area (Å²) in [6.45, 7) is 1.97. The number of amides is 4. The predicted molar refractivity (Wildman–Crippen MR) is 106 cm³/mol. The highest BCUT2D eigenvalue weighted by molar-refractivity contribution is 6.39. The third-order valence-corrected chi connectivity index (χ3v) is 4.54. The van der Waals surface area contributed by atoms with Crippen LogP contribution in [0.25, 0.3) is 11.8 Å². The van der Waals surface area contributed by atoms with E-state index in [0.29, 0.717) is 5.69 Å². The zero-order valence-corrected chi connectivity index (χ0v) is 15.4. The number of carbonyl (C=O) groups excluding carboxylic acids is 3. The summed E-state index contributed by atoms with van der Waals surface area (Å²) in [5, 5.41) is 2.16. The Balaban J connectivity index is 1.75. The number of anilines is 1. The zero-order valence-electron chi connectivity index (χ0n) is 15.4. The smallest absolute Gasteiger partial charge is 0.317 e. The Hall–Kier alpha value is -4.00. The number of hydrogen-bond acceptors (Lipinski definition) is 3. The van der Waals surface area contributed by atoms with Crippen molar-refractivity contribution in [3.05, 3.63) is 89.5 Å². The molecule has 0 radical (unpaired) electrons. The molecule has 6 nitrogen and oxygen atoms in total. The Morgan fingerprint density at radius 1 is 0.931 bits per heavy atom. The van der Waals surface area contributed by atoms with Gasteiger partial charge < -0.3 is 4.57 Å². The number of barbiturate groups is 1. The van der Waals surface area contributed by atoms with Crippen molar-refractivity contribution in [1.29, 1.82) is 0 Å². The van der Waals surface area contributed by atoms with Gasteiger partial charge in [-0.25, -0.2) is 14.1 Å². The van der Waals surface area contributed by atoms with E-state index in [1.165, 1.54) is 18.2 Å². The van der Waals surface area contributed by atoms with E-state index >= 15 is 0 Å². The standard InChI is InChI=1S/C22H16FN3O3/c1-14-4-2-5-17(12-14)25-11-3-6-18(25)13-19-20(27)24-22(29)26(21(19)28)16-9-7-15(23)8-10-16/h2-13H,1H3,(H,24,27,29)/b19-13+. The van der Waals surface area contributed by atoms with Gasteiger partial charge in [0.05, 0.1) is 5.69 Å². The quantitative estimate of drug-likeness (QED) is 0.550. The van der Waals surface area contributed by atoms with Gasteiger partial charge in [-0.05, 0) is 67.1 Å². The van der Waals surface area contributed by atoms with E-state index in [0.717, 1.165) is 28.3 Å². The molecule has 2 heterocycles. The Kier molecular flexibility index (Phi) is 4.56. The first kappa shape index (κ1) is 18.4. The van der Waals surface area contributed by atoms with Gasteiger partial charge in [0.25, 0.3) is 11.8 Å². The van der Waals surface area contributed by atoms with E-state index in [1.54, 1.807) is 12.1 Å². The third kappa shape index (κ3) is 3.45. The number of hydrogen-bond donors (Lipinski definition) is 1. The fraction of sp³-hybridized carbons (Fsp3) is 0.0455. The molecule has 1 N–H and O–H groups in total. The van der Waals surface area contributed by atoms with E-state index in [4.69, 9.17) is 0 Å². The maximum atomic E-state index is 13.2.